The lowest BCUT2D eigenvalue weighted by Gasteiger charge is -2.40. The summed E-state index contributed by atoms with van der Waals surface area (Å²) in [5.74, 6) is 1.55. The third-order valence-corrected chi connectivity index (χ3v) is 6.78. The van der Waals surface area contributed by atoms with Crippen LogP contribution in [0, 0.1) is 6.92 Å². The summed E-state index contributed by atoms with van der Waals surface area (Å²) in [6.07, 6.45) is 5.53. The number of anilines is 1. The number of fused-ring (bicyclic) bond motifs is 1. The van der Waals surface area contributed by atoms with Gasteiger partial charge in [0.05, 0.1) is 17.0 Å². The zero-order chi connectivity index (χ0) is 19.6. The van der Waals surface area contributed by atoms with Gasteiger partial charge < -0.3 is 5.32 Å². The van der Waals surface area contributed by atoms with Gasteiger partial charge in [-0.05, 0) is 36.2 Å². The molecule has 1 fully saturated rings. The van der Waals surface area contributed by atoms with Gasteiger partial charge in [0.15, 0.2) is 0 Å². The molecule has 0 atom stereocenters. The second-order valence-corrected chi connectivity index (χ2v) is 9.56. The highest BCUT2D eigenvalue weighted by molar-refractivity contribution is 8.24. The molecule has 3 N–H and O–H groups in total. The Labute approximate surface area is 166 Å². The Balaban J connectivity index is 1.40. The Hall–Kier alpha value is -2.26. The van der Waals surface area contributed by atoms with Crippen LogP contribution in [0.5, 0.6) is 0 Å². The van der Waals surface area contributed by atoms with Gasteiger partial charge in [0.2, 0.25) is 5.95 Å². The second kappa shape index (κ2) is 8.00. The van der Waals surface area contributed by atoms with E-state index in [1.165, 1.54) is 5.56 Å². The third kappa shape index (κ3) is 4.41. The van der Waals surface area contributed by atoms with Crippen molar-refractivity contribution < 1.29 is 9.11 Å². The monoisotopic (exact) mass is 399 g/mol. The van der Waals surface area contributed by atoms with Gasteiger partial charge >= 0.3 is 0 Å². The van der Waals surface area contributed by atoms with Gasteiger partial charge in [0.25, 0.3) is 0 Å². The van der Waals surface area contributed by atoms with Crippen LogP contribution in [0.25, 0.3) is 22.0 Å². The van der Waals surface area contributed by atoms with Crippen LogP contribution in [0.2, 0.25) is 0 Å². The van der Waals surface area contributed by atoms with Crippen molar-refractivity contribution in [1.29, 1.82) is 0 Å². The van der Waals surface area contributed by atoms with Crippen molar-refractivity contribution in [3.05, 3.63) is 48.4 Å². The number of aryl methyl sites for hydroxylation is 1. The molecule has 148 valence electrons. The fraction of sp³-hybridized carbons (Fsp3) is 0.350. The third-order valence-electron chi connectivity index (χ3n) is 5.11. The summed E-state index contributed by atoms with van der Waals surface area (Å²) in [5.41, 5.74) is 4.31. The minimum absolute atomic E-state index is 0.470. The topological polar surface area (TPSA) is 94.4 Å². The van der Waals surface area contributed by atoms with E-state index in [-0.39, 0.29) is 0 Å². The molecule has 1 aliphatic rings. The van der Waals surface area contributed by atoms with E-state index in [1.807, 2.05) is 24.5 Å². The largest absolute Gasteiger partial charge is 0.353 e. The van der Waals surface area contributed by atoms with Crippen LogP contribution in [0.15, 0.2) is 42.9 Å². The van der Waals surface area contributed by atoms with E-state index in [1.54, 1.807) is 6.20 Å². The first kappa shape index (κ1) is 19.1. The van der Waals surface area contributed by atoms with E-state index in [4.69, 9.17) is 0 Å². The maximum Gasteiger partial charge on any atom is 0.223 e. The highest BCUT2D eigenvalue weighted by Gasteiger charge is 2.21. The van der Waals surface area contributed by atoms with Crippen LogP contribution in [0.4, 0.5) is 5.95 Å². The van der Waals surface area contributed by atoms with Crippen LogP contribution in [0.1, 0.15) is 5.56 Å². The summed E-state index contributed by atoms with van der Waals surface area (Å²) in [7, 11) is -2.33. The average molecular weight is 400 g/mol. The number of pyridine rings is 1. The van der Waals surface area contributed by atoms with Crippen LogP contribution < -0.4 is 5.32 Å². The predicted octanol–water partition coefficient (Wildman–Crippen LogP) is 3.48. The van der Waals surface area contributed by atoms with Crippen LogP contribution in [-0.4, -0.2) is 66.6 Å². The van der Waals surface area contributed by atoms with Crippen molar-refractivity contribution in [2.75, 3.05) is 43.0 Å². The van der Waals surface area contributed by atoms with Gasteiger partial charge in [-0.25, -0.2) is 9.97 Å². The van der Waals surface area contributed by atoms with Crippen molar-refractivity contribution in [3.63, 3.8) is 0 Å². The summed E-state index contributed by atoms with van der Waals surface area (Å²) >= 11 is 0. The van der Waals surface area contributed by atoms with Crippen LogP contribution in [-0.2, 0) is 0 Å². The molecule has 0 aliphatic carbocycles. The van der Waals surface area contributed by atoms with Gasteiger partial charge in [-0.15, -0.1) is 0 Å². The Morgan fingerprint density at radius 2 is 1.96 bits per heavy atom. The number of hydrogen-bond donors (Lipinski definition) is 3. The van der Waals surface area contributed by atoms with E-state index in [0.717, 1.165) is 48.2 Å². The smallest absolute Gasteiger partial charge is 0.223 e. The molecule has 2 aromatic heterocycles. The molecular formula is C20H25N5O2S. The summed E-state index contributed by atoms with van der Waals surface area (Å²) in [6.45, 7) is 5.07. The van der Waals surface area contributed by atoms with E-state index in [0.29, 0.717) is 17.5 Å². The Morgan fingerprint density at radius 3 is 2.75 bits per heavy atom. The molecule has 3 aromatic rings. The Kier molecular flexibility index (Phi) is 5.45. The fourth-order valence-electron chi connectivity index (χ4n) is 3.37. The molecule has 0 amide bonds. The lowest BCUT2D eigenvalue weighted by atomic mass is 10.0. The molecule has 0 radical (unpaired) electrons. The van der Waals surface area contributed by atoms with Gasteiger partial charge in [-0.1, -0.05) is 6.07 Å². The Morgan fingerprint density at radius 1 is 1.14 bits per heavy atom. The number of rotatable bonds is 5. The highest BCUT2D eigenvalue weighted by Crippen LogP contribution is 2.40. The number of hydrogen-bond acceptors (Lipinski definition) is 7. The van der Waals surface area contributed by atoms with E-state index in [2.05, 4.69) is 44.2 Å². The molecule has 1 saturated heterocycles. The normalized spacial score (nSPS) is 18.1. The van der Waals surface area contributed by atoms with Crippen LogP contribution >= 0.6 is 10.6 Å². The molecule has 1 aromatic carbocycles. The van der Waals surface area contributed by atoms with Crippen molar-refractivity contribution in [1.82, 2.24) is 19.9 Å². The van der Waals surface area contributed by atoms with Crippen molar-refractivity contribution in [2.24, 2.45) is 0 Å². The molecular weight excluding hydrogens is 374 g/mol. The van der Waals surface area contributed by atoms with E-state index >= 15 is 0 Å². The average Bonchev–Trinajstić information content (AvgIpc) is 2.69. The van der Waals surface area contributed by atoms with Gasteiger partial charge in [0.1, 0.15) is 0 Å². The predicted molar refractivity (Wildman–Crippen MR) is 115 cm³/mol. The van der Waals surface area contributed by atoms with Gasteiger partial charge in [-0.3, -0.25) is 19.0 Å². The first-order valence-corrected chi connectivity index (χ1v) is 11.3. The van der Waals surface area contributed by atoms with Crippen LogP contribution in [0.3, 0.4) is 0 Å². The van der Waals surface area contributed by atoms with E-state index in [9.17, 15) is 9.11 Å². The molecule has 0 bridgehead atoms. The van der Waals surface area contributed by atoms with Gasteiger partial charge in [-0.2, -0.15) is 10.6 Å². The lowest BCUT2D eigenvalue weighted by Crippen LogP contribution is -2.40. The zero-order valence-corrected chi connectivity index (χ0v) is 16.7. The molecule has 28 heavy (non-hydrogen) atoms. The Bertz CT molecular complexity index is 972. The molecule has 3 heterocycles. The summed E-state index contributed by atoms with van der Waals surface area (Å²) in [5, 5.41) is 4.26. The second-order valence-electron chi connectivity index (χ2n) is 7.14. The summed E-state index contributed by atoms with van der Waals surface area (Å²) in [4.78, 5) is 15.5. The van der Waals surface area contributed by atoms with Crippen molar-refractivity contribution in [2.45, 2.75) is 6.92 Å². The SMILES string of the molecule is Cc1ccncc1-c1ccc2nc(NCCN3CCS(O)(O)CC3)ncc2c1. The molecule has 0 unspecified atom stereocenters. The fourth-order valence-corrected chi connectivity index (χ4v) is 4.67. The van der Waals surface area contributed by atoms with Gasteiger partial charge in [0, 0.05) is 55.7 Å². The maximum atomic E-state index is 9.68. The molecule has 7 nitrogen and oxygen atoms in total. The summed E-state index contributed by atoms with van der Waals surface area (Å²) < 4.78 is 19.4. The minimum atomic E-state index is -2.33. The lowest BCUT2D eigenvalue weighted by molar-refractivity contribution is 0.295. The standard InChI is InChI=1S/C20H25N5O2S/c1-15-4-5-21-14-18(15)16-2-3-19-17(12-16)13-23-20(24-19)22-6-7-25-8-10-28(26,27)11-9-25/h2-5,12-14,26-27H,6-11H2,1H3,(H,22,23,24). The first-order valence-electron chi connectivity index (χ1n) is 9.38. The number of nitrogens with zero attached hydrogens (tertiary/aromatic N) is 4. The molecule has 0 spiro atoms. The zero-order valence-electron chi connectivity index (χ0n) is 15.9. The highest BCUT2D eigenvalue weighted by atomic mass is 32.3. The molecule has 0 saturated carbocycles. The van der Waals surface area contributed by atoms with E-state index < -0.39 is 10.6 Å². The molecule has 4 rings (SSSR count). The number of aromatic nitrogens is 3. The quantitative estimate of drug-likeness (QED) is 0.605. The number of nitrogens with one attached hydrogen (secondary N) is 1. The summed E-state index contributed by atoms with van der Waals surface area (Å²) in [6, 6.07) is 8.18. The number of benzene rings is 1. The van der Waals surface area contributed by atoms with Crippen molar-refractivity contribution in [3.8, 4) is 11.1 Å². The maximum absolute atomic E-state index is 9.68. The van der Waals surface area contributed by atoms with Crippen molar-refractivity contribution >= 4 is 27.4 Å². The molecule has 1 aliphatic heterocycles. The molecule has 8 heteroatoms. The minimum Gasteiger partial charge on any atom is -0.353 e. The first-order chi connectivity index (χ1) is 13.5.